The van der Waals surface area contributed by atoms with Crippen molar-refractivity contribution in [3.8, 4) is 5.75 Å². The molecule has 2 aromatic rings. The first-order valence-electron chi connectivity index (χ1n) is 7.96. The van der Waals surface area contributed by atoms with Gasteiger partial charge in [-0.15, -0.1) is 0 Å². The van der Waals surface area contributed by atoms with Gasteiger partial charge in [-0.25, -0.2) is 0 Å². The summed E-state index contributed by atoms with van der Waals surface area (Å²) in [6, 6.07) is 13.8. The first-order valence-corrected chi connectivity index (χ1v) is 7.96. The molecule has 2 amide bonds. The van der Waals surface area contributed by atoms with Crippen LogP contribution in [0.15, 0.2) is 48.5 Å². The molecule has 1 atom stereocenters. The lowest BCUT2D eigenvalue weighted by molar-refractivity contribution is -0.125. The van der Waals surface area contributed by atoms with E-state index in [0.717, 1.165) is 0 Å². The molecule has 6 heteroatoms. The van der Waals surface area contributed by atoms with Crippen molar-refractivity contribution in [2.24, 2.45) is 5.92 Å². The fraction of sp³-hybridized carbons (Fsp3) is 0.211. The second-order valence-corrected chi connectivity index (χ2v) is 5.88. The summed E-state index contributed by atoms with van der Waals surface area (Å²) in [6.07, 6.45) is -0.00980. The number of hydrogen-bond donors (Lipinski definition) is 2. The van der Waals surface area contributed by atoms with Crippen LogP contribution in [0.3, 0.4) is 0 Å². The van der Waals surface area contributed by atoms with Crippen LogP contribution in [0.5, 0.6) is 5.75 Å². The van der Waals surface area contributed by atoms with Gasteiger partial charge in [-0.2, -0.15) is 0 Å². The van der Waals surface area contributed by atoms with E-state index < -0.39 is 5.92 Å². The molecule has 2 N–H and O–H groups in total. The van der Waals surface area contributed by atoms with Gasteiger partial charge in [0.1, 0.15) is 12.4 Å². The Morgan fingerprint density at radius 3 is 2.80 bits per heavy atom. The lowest BCUT2D eigenvalue weighted by atomic mass is 10.0. The minimum absolute atomic E-state index is 0.00980. The minimum atomic E-state index is -0.594. The van der Waals surface area contributed by atoms with Crippen LogP contribution >= 0.6 is 0 Å². The number of carbonyl (C=O) groups excluding carboxylic acids is 3. The molecule has 6 nitrogen and oxygen atoms in total. The minimum Gasteiger partial charge on any atom is -0.491 e. The molecule has 0 radical (unpaired) electrons. The highest BCUT2D eigenvalue weighted by Crippen LogP contribution is 2.28. The van der Waals surface area contributed by atoms with Crippen LogP contribution < -0.4 is 15.4 Å². The average molecular weight is 338 g/mol. The molecule has 0 bridgehead atoms. The highest BCUT2D eigenvalue weighted by atomic mass is 16.5. The Balaban J connectivity index is 1.64. The number of para-hydroxylation sites is 2. The third kappa shape index (κ3) is 4.03. The number of nitrogens with one attached hydrogen (secondary N) is 2. The Morgan fingerprint density at radius 2 is 2.00 bits per heavy atom. The molecule has 0 spiro atoms. The molecule has 25 heavy (non-hydrogen) atoms. The number of ether oxygens (including phenoxy) is 1. The van der Waals surface area contributed by atoms with E-state index in [1.807, 2.05) is 6.07 Å². The van der Waals surface area contributed by atoms with E-state index in [1.165, 1.54) is 6.92 Å². The van der Waals surface area contributed by atoms with Crippen LogP contribution in [-0.2, 0) is 9.59 Å². The van der Waals surface area contributed by atoms with Crippen LogP contribution in [0, 0.1) is 5.92 Å². The van der Waals surface area contributed by atoms with Crippen LogP contribution in [0.25, 0.3) is 0 Å². The van der Waals surface area contributed by atoms with Crippen LogP contribution in [0.4, 0.5) is 11.4 Å². The monoisotopic (exact) mass is 338 g/mol. The Hall–Kier alpha value is -3.15. The van der Waals surface area contributed by atoms with Crippen LogP contribution in [0.1, 0.15) is 23.7 Å². The van der Waals surface area contributed by atoms with Gasteiger partial charge in [0.05, 0.1) is 11.6 Å². The maximum absolute atomic E-state index is 12.3. The maximum atomic E-state index is 12.3. The number of hydrogen-bond acceptors (Lipinski definition) is 4. The zero-order valence-electron chi connectivity index (χ0n) is 13.7. The zero-order valence-corrected chi connectivity index (χ0v) is 13.7. The second kappa shape index (κ2) is 7.17. The third-order valence-electron chi connectivity index (χ3n) is 3.94. The first-order chi connectivity index (χ1) is 12.0. The van der Waals surface area contributed by atoms with E-state index >= 15 is 0 Å². The topological polar surface area (TPSA) is 84.5 Å². The van der Waals surface area contributed by atoms with Crippen molar-refractivity contribution in [2.75, 3.05) is 17.2 Å². The second-order valence-electron chi connectivity index (χ2n) is 5.88. The van der Waals surface area contributed by atoms with Gasteiger partial charge in [-0.1, -0.05) is 24.3 Å². The predicted octanol–water partition coefficient (Wildman–Crippen LogP) is 2.87. The molecule has 0 saturated heterocycles. The Labute approximate surface area is 145 Å². The lowest BCUT2D eigenvalue weighted by Gasteiger charge is -2.13. The number of carbonyl (C=O) groups is 3. The van der Waals surface area contributed by atoms with Gasteiger partial charge in [-0.3, -0.25) is 14.4 Å². The van der Waals surface area contributed by atoms with Crippen molar-refractivity contribution in [1.82, 2.24) is 0 Å². The van der Waals surface area contributed by atoms with Crippen LogP contribution in [0.2, 0.25) is 0 Å². The summed E-state index contributed by atoms with van der Waals surface area (Å²) in [6.45, 7) is 1.59. The predicted molar refractivity (Wildman–Crippen MR) is 93.7 cm³/mol. The lowest BCUT2D eigenvalue weighted by Crippen LogP contribution is -2.29. The highest BCUT2D eigenvalue weighted by Gasteiger charge is 2.27. The molecular weight excluding hydrogens is 320 g/mol. The number of benzene rings is 2. The van der Waals surface area contributed by atoms with Crippen molar-refractivity contribution in [3.63, 3.8) is 0 Å². The quantitative estimate of drug-likeness (QED) is 0.840. The molecule has 0 aromatic heterocycles. The molecule has 1 unspecified atom stereocenters. The summed E-state index contributed by atoms with van der Waals surface area (Å²) in [5.74, 6) is -0.644. The largest absolute Gasteiger partial charge is 0.491 e. The maximum Gasteiger partial charge on any atom is 0.231 e. The van der Waals surface area contributed by atoms with E-state index in [4.69, 9.17) is 4.74 Å². The van der Waals surface area contributed by atoms with E-state index in [-0.39, 0.29) is 30.6 Å². The molecule has 0 aliphatic carbocycles. The summed E-state index contributed by atoms with van der Waals surface area (Å²) < 4.78 is 5.63. The SMILES string of the molecule is CC(=O)c1cccc(NC(=O)CC2COc3ccccc3NC2=O)c1. The summed E-state index contributed by atoms with van der Waals surface area (Å²) in [7, 11) is 0. The van der Waals surface area contributed by atoms with Gasteiger partial charge in [0.25, 0.3) is 0 Å². The summed E-state index contributed by atoms with van der Waals surface area (Å²) in [5.41, 5.74) is 1.64. The van der Waals surface area contributed by atoms with Gasteiger partial charge in [-0.05, 0) is 31.2 Å². The molecule has 1 aliphatic heterocycles. The number of ketones is 1. The number of Topliss-reactive ketones (excluding diaryl/α,β-unsaturated/α-hetero) is 1. The van der Waals surface area contributed by atoms with E-state index in [0.29, 0.717) is 22.7 Å². The molecule has 2 aromatic carbocycles. The Kier molecular flexibility index (Phi) is 4.79. The zero-order chi connectivity index (χ0) is 17.8. The van der Waals surface area contributed by atoms with Crippen molar-refractivity contribution >= 4 is 29.0 Å². The molecule has 1 aliphatic rings. The van der Waals surface area contributed by atoms with E-state index in [2.05, 4.69) is 10.6 Å². The van der Waals surface area contributed by atoms with Gasteiger partial charge < -0.3 is 15.4 Å². The summed E-state index contributed by atoms with van der Waals surface area (Å²) >= 11 is 0. The number of rotatable bonds is 4. The average Bonchev–Trinajstić information content (AvgIpc) is 2.74. The van der Waals surface area contributed by atoms with Crippen molar-refractivity contribution in [2.45, 2.75) is 13.3 Å². The fourth-order valence-corrected chi connectivity index (χ4v) is 2.60. The smallest absolute Gasteiger partial charge is 0.231 e. The molecule has 0 saturated carbocycles. The van der Waals surface area contributed by atoms with Gasteiger partial charge >= 0.3 is 0 Å². The molecule has 128 valence electrons. The van der Waals surface area contributed by atoms with Gasteiger partial charge in [0.2, 0.25) is 11.8 Å². The van der Waals surface area contributed by atoms with Crippen molar-refractivity contribution in [3.05, 3.63) is 54.1 Å². The first kappa shape index (κ1) is 16.7. The standard InChI is InChI=1S/C19H18N2O4/c1-12(22)13-5-4-6-15(9-13)20-18(23)10-14-11-25-17-8-3-2-7-16(17)21-19(14)24/h2-9,14H,10-11H2,1H3,(H,20,23)(H,21,24). The molecule has 3 rings (SSSR count). The summed E-state index contributed by atoms with van der Waals surface area (Å²) in [4.78, 5) is 36.0. The number of fused-ring (bicyclic) bond motifs is 1. The van der Waals surface area contributed by atoms with Crippen molar-refractivity contribution in [1.29, 1.82) is 0 Å². The van der Waals surface area contributed by atoms with E-state index in [1.54, 1.807) is 42.5 Å². The molecule has 0 fully saturated rings. The van der Waals surface area contributed by atoms with Crippen LogP contribution in [-0.4, -0.2) is 24.2 Å². The molecular formula is C19H18N2O4. The Bertz CT molecular complexity index is 832. The number of amides is 2. The number of anilines is 2. The van der Waals surface area contributed by atoms with Crippen molar-refractivity contribution < 1.29 is 19.1 Å². The fourth-order valence-electron chi connectivity index (χ4n) is 2.60. The van der Waals surface area contributed by atoms with Gasteiger partial charge in [0, 0.05) is 17.7 Å². The van der Waals surface area contributed by atoms with Gasteiger partial charge in [0.15, 0.2) is 5.78 Å². The third-order valence-corrected chi connectivity index (χ3v) is 3.94. The summed E-state index contributed by atoms with van der Waals surface area (Å²) in [5, 5.41) is 5.50. The Morgan fingerprint density at radius 1 is 1.20 bits per heavy atom. The highest BCUT2D eigenvalue weighted by molar-refractivity contribution is 6.00. The molecule has 1 heterocycles. The normalized spacial score (nSPS) is 16.0. The van der Waals surface area contributed by atoms with E-state index in [9.17, 15) is 14.4 Å².